The maximum atomic E-state index is 12.8. The van der Waals surface area contributed by atoms with Crippen LogP contribution in [0.3, 0.4) is 0 Å². The van der Waals surface area contributed by atoms with E-state index < -0.39 is 0 Å². The Labute approximate surface area is 155 Å². The summed E-state index contributed by atoms with van der Waals surface area (Å²) < 4.78 is 1.62. The number of nitrogens with zero attached hydrogens (tertiary/aromatic N) is 3. The molecular weight excluding hydrogens is 354 g/mol. The van der Waals surface area contributed by atoms with Gasteiger partial charge in [0.15, 0.2) is 5.16 Å². The van der Waals surface area contributed by atoms with Crippen molar-refractivity contribution in [3.05, 3.63) is 20.8 Å². The van der Waals surface area contributed by atoms with Gasteiger partial charge in [-0.15, -0.1) is 11.3 Å². The Kier molecular flexibility index (Phi) is 4.62. The molecule has 2 aromatic heterocycles. The Morgan fingerprint density at radius 3 is 3.00 bits per heavy atom. The van der Waals surface area contributed by atoms with E-state index in [-0.39, 0.29) is 11.5 Å². The van der Waals surface area contributed by atoms with Crippen LogP contribution in [0.2, 0.25) is 0 Å². The highest BCUT2D eigenvalue weighted by atomic mass is 32.2. The molecule has 1 atom stereocenters. The third-order valence-electron chi connectivity index (χ3n) is 5.24. The maximum absolute atomic E-state index is 12.8. The summed E-state index contributed by atoms with van der Waals surface area (Å²) in [4.78, 5) is 34.1. The van der Waals surface area contributed by atoms with Crippen molar-refractivity contribution in [2.24, 2.45) is 13.0 Å². The molecule has 5 nitrogen and oxygen atoms in total. The first-order valence-corrected chi connectivity index (χ1v) is 10.8. The van der Waals surface area contributed by atoms with Gasteiger partial charge in [-0.05, 0) is 43.6 Å². The van der Waals surface area contributed by atoms with Crippen LogP contribution in [0.15, 0.2) is 9.95 Å². The number of thioether (sulfide) groups is 1. The van der Waals surface area contributed by atoms with Gasteiger partial charge in [0, 0.05) is 25.0 Å². The van der Waals surface area contributed by atoms with Crippen LogP contribution in [0.25, 0.3) is 10.2 Å². The molecule has 0 spiro atoms. The van der Waals surface area contributed by atoms with E-state index in [4.69, 9.17) is 4.98 Å². The highest BCUT2D eigenvalue weighted by Crippen LogP contribution is 2.35. The summed E-state index contributed by atoms with van der Waals surface area (Å²) in [6.45, 7) is 3.90. The number of aryl methyl sites for hydroxylation is 2. The molecule has 4 rings (SSSR count). The third kappa shape index (κ3) is 3.12. The van der Waals surface area contributed by atoms with Gasteiger partial charge in [-0.1, -0.05) is 18.7 Å². The predicted octanol–water partition coefficient (Wildman–Crippen LogP) is 2.83. The van der Waals surface area contributed by atoms with Crippen LogP contribution in [0, 0.1) is 5.92 Å². The summed E-state index contributed by atoms with van der Waals surface area (Å²) in [5.41, 5.74) is 1.24. The van der Waals surface area contributed by atoms with E-state index in [0.29, 0.717) is 16.8 Å². The van der Waals surface area contributed by atoms with E-state index in [1.165, 1.54) is 28.6 Å². The second kappa shape index (κ2) is 6.76. The topological polar surface area (TPSA) is 55.2 Å². The zero-order valence-electron chi connectivity index (χ0n) is 14.7. The average molecular weight is 378 g/mol. The highest BCUT2D eigenvalue weighted by Gasteiger charge is 2.24. The fraction of sp³-hybridized carbons (Fsp3) is 0.611. The van der Waals surface area contributed by atoms with Crippen LogP contribution in [-0.4, -0.2) is 39.2 Å². The van der Waals surface area contributed by atoms with Crippen LogP contribution in [0.5, 0.6) is 0 Å². The summed E-state index contributed by atoms with van der Waals surface area (Å²) in [5.74, 6) is 1.08. The molecule has 1 saturated heterocycles. The molecule has 7 heteroatoms. The van der Waals surface area contributed by atoms with Crippen LogP contribution in [0.4, 0.5) is 0 Å². The predicted molar refractivity (Wildman–Crippen MR) is 103 cm³/mol. The van der Waals surface area contributed by atoms with Gasteiger partial charge in [0.1, 0.15) is 4.83 Å². The van der Waals surface area contributed by atoms with E-state index in [9.17, 15) is 9.59 Å². The number of likely N-dealkylation sites (tertiary alicyclic amines) is 1. The molecule has 1 aliphatic carbocycles. The number of fused-ring (bicyclic) bond motifs is 3. The van der Waals surface area contributed by atoms with E-state index >= 15 is 0 Å². The molecule has 1 amide bonds. The van der Waals surface area contributed by atoms with Crippen molar-refractivity contribution in [2.45, 2.75) is 44.2 Å². The van der Waals surface area contributed by atoms with Crippen LogP contribution in [-0.2, 0) is 24.7 Å². The van der Waals surface area contributed by atoms with Crippen molar-refractivity contribution in [1.82, 2.24) is 14.5 Å². The smallest absolute Gasteiger partial charge is 0.262 e. The Morgan fingerprint density at radius 1 is 1.36 bits per heavy atom. The van der Waals surface area contributed by atoms with Gasteiger partial charge in [-0.3, -0.25) is 14.2 Å². The monoisotopic (exact) mass is 377 g/mol. The lowest BCUT2D eigenvalue weighted by molar-refractivity contribution is -0.130. The largest absolute Gasteiger partial charge is 0.342 e. The molecule has 134 valence electrons. The SMILES string of the molecule is C[C@@H]1CCCN(C(=O)CSc2nc3sc4c(c3c(=O)n2C)CCC4)C1. The van der Waals surface area contributed by atoms with Crippen molar-refractivity contribution >= 4 is 39.2 Å². The number of thiophene rings is 1. The van der Waals surface area contributed by atoms with Crippen molar-refractivity contribution in [1.29, 1.82) is 0 Å². The molecule has 1 aliphatic heterocycles. The molecule has 0 saturated carbocycles. The Balaban J connectivity index is 1.55. The minimum Gasteiger partial charge on any atom is -0.342 e. The van der Waals surface area contributed by atoms with Gasteiger partial charge in [-0.2, -0.15) is 0 Å². The van der Waals surface area contributed by atoms with E-state index in [2.05, 4.69) is 6.92 Å². The zero-order valence-corrected chi connectivity index (χ0v) is 16.3. The van der Waals surface area contributed by atoms with E-state index in [1.54, 1.807) is 23.0 Å². The standard InChI is InChI=1S/C18H23N3O2S2/c1-11-5-4-8-21(9-11)14(22)10-24-18-19-16-15(17(23)20(18)2)12-6-3-7-13(12)25-16/h11H,3-10H2,1-2H3/t11-/m1/s1. The Bertz CT molecular complexity index is 887. The molecule has 1 fully saturated rings. The fourth-order valence-electron chi connectivity index (χ4n) is 3.87. The Hall–Kier alpha value is -1.34. The molecule has 0 radical (unpaired) electrons. The lowest BCUT2D eigenvalue weighted by Crippen LogP contribution is -2.40. The number of piperidine rings is 1. The molecule has 0 bridgehead atoms. The molecule has 25 heavy (non-hydrogen) atoms. The minimum atomic E-state index is 0.0333. The van der Waals surface area contributed by atoms with E-state index in [1.807, 2.05) is 4.90 Å². The number of hydrogen-bond donors (Lipinski definition) is 0. The summed E-state index contributed by atoms with van der Waals surface area (Å²) in [5, 5.41) is 1.45. The molecule has 2 aliphatic rings. The Morgan fingerprint density at radius 2 is 2.20 bits per heavy atom. The second-order valence-electron chi connectivity index (χ2n) is 7.17. The van der Waals surface area contributed by atoms with E-state index in [0.717, 1.165) is 49.0 Å². The number of hydrogen-bond acceptors (Lipinski definition) is 5. The summed E-state index contributed by atoms with van der Waals surface area (Å²) >= 11 is 3.04. The summed E-state index contributed by atoms with van der Waals surface area (Å²) in [6.07, 6.45) is 5.48. The second-order valence-corrected chi connectivity index (χ2v) is 9.20. The molecule has 0 unspecified atom stereocenters. The summed E-state index contributed by atoms with van der Waals surface area (Å²) in [7, 11) is 1.77. The molecule has 0 aromatic carbocycles. The van der Waals surface area contributed by atoms with Gasteiger partial charge in [0.25, 0.3) is 5.56 Å². The van der Waals surface area contributed by atoms with Crippen LogP contribution in [0.1, 0.15) is 36.6 Å². The molecule has 2 aromatic rings. The quantitative estimate of drug-likeness (QED) is 0.610. The number of carbonyl (C=O) groups excluding carboxylic acids is 1. The lowest BCUT2D eigenvalue weighted by Gasteiger charge is -2.30. The number of rotatable bonds is 3. The van der Waals surface area contributed by atoms with Crippen molar-refractivity contribution in [3.8, 4) is 0 Å². The van der Waals surface area contributed by atoms with Crippen molar-refractivity contribution in [3.63, 3.8) is 0 Å². The van der Waals surface area contributed by atoms with Crippen LogP contribution >= 0.6 is 23.1 Å². The minimum absolute atomic E-state index is 0.0333. The average Bonchev–Trinajstić information content (AvgIpc) is 3.17. The lowest BCUT2D eigenvalue weighted by atomic mass is 10.0. The van der Waals surface area contributed by atoms with Gasteiger partial charge in [-0.25, -0.2) is 4.98 Å². The fourth-order valence-corrected chi connectivity index (χ4v) is 6.05. The molecule has 3 heterocycles. The van der Waals surface area contributed by atoms with Gasteiger partial charge in [0.2, 0.25) is 5.91 Å². The molecule has 0 N–H and O–H groups in total. The van der Waals surface area contributed by atoms with Crippen molar-refractivity contribution in [2.75, 3.05) is 18.8 Å². The van der Waals surface area contributed by atoms with Gasteiger partial charge >= 0.3 is 0 Å². The summed E-state index contributed by atoms with van der Waals surface area (Å²) in [6, 6.07) is 0. The van der Waals surface area contributed by atoms with Gasteiger partial charge in [0.05, 0.1) is 11.1 Å². The third-order valence-corrected chi connectivity index (χ3v) is 7.44. The van der Waals surface area contributed by atoms with Crippen LogP contribution < -0.4 is 5.56 Å². The first-order valence-electron chi connectivity index (χ1n) is 8.96. The first-order chi connectivity index (χ1) is 12.0. The first kappa shape index (κ1) is 17.1. The highest BCUT2D eigenvalue weighted by molar-refractivity contribution is 7.99. The number of carbonyl (C=O) groups is 1. The molecular formula is C18H23N3O2S2. The number of amides is 1. The normalized spacial score (nSPS) is 20.2. The maximum Gasteiger partial charge on any atom is 0.262 e. The van der Waals surface area contributed by atoms with Gasteiger partial charge < -0.3 is 4.90 Å². The van der Waals surface area contributed by atoms with Crippen molar-refractivity contribution < 1.29 is 4.79 Å². The number of aromatic nitrogens is 2. The zero-order chi connectivity index (χ0) is 17.6.